The molecular formula is C21H31NO5. The van der Waals surface area contributed by atoms with Gasteiger partial charge in [-0.3, -0.25) is 4.79 Å². The third-order valence-corrected chi connectivity index (χ3v) is 8.61. The number of aliphatic carboxylic acids is 1. The van der Waals surface area contributed by atoms with Crippen LogP contribution in [0.1, 0.15) is 65.2 Å². The number of ketones is 1. The summed E-state index contributed by atoms with van der Waals surface area (Å²) in [5, 5.41) is 23.8. The lowest BCUT2D eigenvalue weighted by Gasteiger charge is -2.60. The molecule has 0 bridgehead atoms. The fourth-order valence-electron chi connectivity index (χ4n) is 7.13. The molecule has 2 N–H and O–H groups in total. The Balaban J connectivity index is 1.54. The van der Waals surface area contributed by atoms with E-state index in [2.05, 4.69) is 19.0 Å². The Morgan fingerprint density at radius 3 is 2.70 bits per heavy atom. The summed E-state index contributed by atoms with van der Waals surface area (Å²) in [6, 6.07) is 0. The monoisotopic (exact) mass is 377 g/mol. The van der Waals surface area contributed by atoms with Crippen molar-refractivity contribution in [3.8, 4) is 0 Å². The zero-order valence-electron chi connectivity index (χ0n) is 16.3. The van der Waals surface area contributed by atoms with Crippen LogP contribution in [0.3, 0.4) is 0 Å². The minimum atomic E-state index is -1.03. The van der Waals surface area contributed by atoms with Crippen molar-refractivity contribution in [1.82, 2.24) is 0 Å². The third-order valence-electron chi connectivity index (χ3n) is 8.61. The van der Waals surface area contributed by atoms with Crippen molar-refractivity contribution in [3.63, 3.8) is 0 Å². The molecule has 4 saturated carbocycles. The molecule has 0 aromatic carbocycles. The van der Waals surface area contributed by atoms with Crippen LogP contribution in [0, 0.1) is 34.5 Å². The van der Waals surface area contributed by atoms with Crippen molar-refractivity contribution < 1.29 is 24.6 Å². The highest BCUT2D eigenvalue weighted by Crippen LogP contribution is 2.65. The van der Waals surface area contributed by atoms with Gasteiger partial charge in [-0.15, -0.1) is 0 Å². The van der Waals surface area contributed by atoms with Crippen LogP contribution in [-0.4, -0.2) is 40.4 Å². The summed E-state index contributed by atoms with van der Waals surface area (Å²) in [5.41, 5.74) is 0.755. The van der Waals surface area contributed by atoms with E-state index in [0.29, 0.717) is 36.4 Å². The second-order valence-electron chi connectivity index (χ2n) is 9.74. The van der Waals surface area contributed by atoms with Crippen LogP contribution in [0.15, 0.2) is 5.16 Å². The smallest absolute Gasteiger partial charge is 0.344 e. The molecule has 0 aromatic heterocycles. The van der Waals surface area contributed by atoms with Crippen LogP contribution in [-0.2, 0) is 14.4 Å². The Bertz CT molecular complexity index is 675. The van der Waals surface area contributed by atoms with Gasteiger partial charge in [-0.05, 0) is 74.0 Å². The van der Waals surface area contributed by atoms with Gasteiger partial charge in [-0.2, -0.15) is 0 Å². The molecule has 0 aromatic rings. The Labute approximate surface area is 160 Å². The maximum absolute atomic E-state index is 12.5. The number of hydrogen-bond acceptors (Lipinski definition) is 5. The number of nitrogens with zero attached hydrogens (tertiary/aromatic N) is 1. The summed E-state index contributed by atoms with van der Waals surface area (Å²) < 4.78 is 0. The first-order valence-corrected chi connectivity index (χ1v) is 10.4. The molecule has 6 nitrogen and oxygen atoms in total. The van der Waals surface area contributed by atoms with Gasteiger partial charge in [0.05, 0.1) is 11.8 Å². The lowest BCUT2D eigenvalue weighted by molar-refractivity contribution is -0.153. The van der Waals surface area contributed by atoms with Crippen molar-refractivity contribution >= 4 is 17.5 Å². The van der Waals surface area contributed by atoms with E-state index >= 15 is 0 Å². The summed E-state index contributed by atoms with van der Waals surface area (Å²) in [4.78, 5) is 28.1. The van der Waals surface area contributed by atoms with Gasteiger partial charge in [0.2, 0.25) is 6.61 Å². The Morgan fingerprint density at radius 1 is 1.19 bits per heavy atom. The molecule has 7 atom stereocenters. The van der Waals surface area contributed by atoms with Gasteiger partial charge in [0.15, 0.2) is 0 Å². The van der Waals surface area contributed by atoms with Gasteiger partial charge in [0, 0.05) is 11.8 Å². The Morgan fingerprint density at radius 2 is 1.96 bits per heavy atom. The average Bonchev–Trinajstić information content (AvgIpc) is 2.91. The van der Waals surface area contributed by atoms with Crippen molar-refractivity contribution in [1.29, 1.82) is 0 Å². The van der Waals surface area contributed by atoms with Crippen LogP contribution in [0.2, 0.25) is 0 Å². The Kier molecular flexibility index (Phi) is 4.60. The lowest BCUT2D eigenvalue weighted by Crippen LogP contribution is -2.57. The topological polar surface area (TPSA) is 96.2 Å². The standard InChI is InChI=1S/C21H31NO5/c1-20-7-5-12(22-27-11-19(25)26)9-16(20)17(23)10-13-14-3-4-18(24)21(14,2)8-6-15(13)20/h13-17,23H,3-11H2,1-2H3,(H,25,26)/b22-12+/t13-,14-,15-,16+,17+,20+,21-/m0/s1. The second kappa shape index (κ2) is 6.57. The number of Topliss-reactive ketones (excluding diaryl/α,β-unsaturated/α-hetero) is 1. The molecule has 6 heteroatoms. The molecule has 0 spiro atoms. The molecule has 0 heterocycles. The number of hydrogen-bond donors (Lipinski definition) is 2. The molecule has 4 rings (SSSR count). The minimum absolute atomic E-state index is 0.0567. The molecule has 4 aliphatic rings. The molecule has 4 aliphatic carbocycles. The highest BCUT2D eigenvalue weighted by atomic mass is 16.6. The Hall–Kier alpha value is -1.43. The second-order valence-corrected chi connectivity index (χ2v) is 9.74. The highest BCUT2D eigenvalue weighted by Gasteiger charge is 2.61. The lowest BCUT2D eigenvalue weighted by atomic mass is 9.44. The van der Waals surface area contributed by atoms with E-state index in [1.807, 2.05) is 0 Å². The van der Waals surface area contributed by atoms with Crippen LogP contribution >= 0.6 is 0 Å². The van der Waals surface area contributed by atoms with E-state index in [1.54, 1.807) is 0 Å². The first kappa shape index (κ1) is 18.9. The average molecular weight is 377 g/mol. The maximum atomic E-state index is 12.5. The fourth-order valence-corrected chi connectivity index (χ4v) is 7.13. The first-order chi connectivity index (χ1) is 12.8. The number of aliphatic hydroxyl groups is 1. The minimum Gasteiger partial charge on any atom is -0.479 e. The number of aliphatic hydroxyl groups excluding tert-OH is 1. The summed E-state index contributed by atoms with van der Waals surface area (Å²) in [6.45, 7) is 4.06. The molecule has 0 radical (unpaired) electrons. The van der Waals surface area contributed by atoms with Gasteiger partial charge in [0.25, 0.3) is 0 Å². The van der Waals surface area contributed by atoms with Crippen molar-refractivity contribution in [3.05, 3.63) is 0 Å². The summed E-state index contributed by atoms with van der Waals surface area (Å²) in [5.74, 6) is 0.953. The molecule has 0 saturated heterocycles. The summed E-state index contributed by atoms with van der Waals surface area (Å²) in [6.07, 6.45) is 6.57. The molecule has 150 valence electrons. The van der Waals surface area contributed by atoms with E-state index in [0.717, 1.165) is 44.2 Å². The molecule has 27 heavy (non-hydrogen) atoms. The zero-order valence-corrected chi connectivity index (χ0v) is 16.3. The third kappa shape index (κ3) is 2.91. The molecule has 0 amide bonds. The maximum Gasteiger partial charge on any atom is 0.344 e. The van der Waals surface area contributed by atoms with Crippen LogP contribution in [0.4, 0.5) is 0 Å². The quantitative estimate of drug-likeness (QED) is 0.737. The van der Waals surface area contributed by atoms with Gasteiger partial charge >= 0.3 is 5.97 Å². The summed E-state index contributed by atoms with van der Waals surface area (Å²) in [7, 11) is 0. The molecule has 4 fully saturated rings. The normalized spacial score (nSPS) is 47.9. The number of fused-ring (bicyclic) bond motifs is 5. The zero-order chi connectivity index (χ0) is 19.4. The van der Waals surface area contributed by atoms with E-state index < -0.39 is 12.6 Å². The summed E-state index contributed by atoms with van der Waals surface area (Å²) >= 11 is 0. The van der Waals surface area contributed by atoms with Gasteiger partial charge in [-0.25, -0.2) is 4.79 Å². The van der Waals surface area contributed by atoms with Crippen molar-refractivity contribution in [2.24, 2.45) is 39.7 Å². The predicted molar refractivity (Wildman–Crippen MR) is 99.1 cm³/mol. The predicted octanol–water partition coefficient (Wildman–Crippen LogP) is 3.03. The van der Waals surface area contributed by atoms with Crippen LogP contribution < -0.4 is 0 Å². The number of carbonyl (C=O) groups is 2. The van der Waals surface area contributed by atoms with E-state index in [4.69, 9.17) is 9.94 Å². The van der Waals surface area contributed by atoms with E-state index in [-0.39, 0.29) is 22.9 Å². The van der Waals surface area contributed by atoms with Crippen molar-refractivity contribution in [2.45, 2.75) is 71.3 Å². The van der Waals surface area contributed by atoms with E-state index in [9.17, 15) is 14.7 Å². The molecule has 0 aliphatic heterocycles. The van der Waals surface area contributed by atoms with Crippen LogP contribution in [0.25, 0.3) is 0 Å². The van der Waals surface area contributed by atoms with E-state index in [1.165, 1.54) is 0 Å². The van der Waals surface area contributed by atoms with Gasteiger partial charge < -0.3 is 15.1 Å². The number of carboxylic acids is 1. The number of oxime groups is 1. The van der Waals surface area contributed by atoms with Gasteiger partial charge in [0.1, 0.15) is 5.78 Å². The largest absolute Gasteiger partial charge is 0.479 e. The SMILES string of the molecule is C[C@]12CC/C(=N\OCC(=O)O)C[C@@H]1[C@H](O)C[C@@H]1[C@@H]2CC[C@]2(C)C(=O)CC[C@@H]12. The molecule has 0 unspecified atom stereocenters. The fraction of sp³-hybridized carbons (Fsp3) is 0.857. The number of carboxylic acid groups (broad SMARTS) is 1. The molecular weight excluding hydrogens is 346 g/mol. The van der Waals surface area contributed by atoms with Crippen LogP contribution in [0.5, 0.6) is 0 Å². The first-order valence-electron chi connectivity index (χ1n) is 10.4. The number of rotatable bonds is 3. The number of carbonyl (C=O) groups excluding carboxylic acids is 1. The van der Waals surface area contributed by atoms with Gasteiger partial charge in [-0.1, -0.05) is 19.0 Å². The van der Waals surface area contributed by atoms with Crippen molar-refractivity contribution in [2.75, 3.05) is 6.61 Å². The highest BCUT2D eigenvalue weighted by molar-refractivity contribution is 5.87.